The lowest BCUT2D eigenvalue weighted by Crippen LogP contribution is -1.97. The molecule has 130 valence electrons. The van der Waals surface area contributed by atoms with Crippen LogP contribution in [0.3, 0.4) is 0 Å². The van der Waals surface area contributed by atoms with E-state index in [1.54, 1.807) is 12.1 Å². The lowest BCUT2D eigenvalue weighted by atomic mass is 9.96. The fourth-order valence-corrected chi connectivity index (χ4v) is 4.45. The molecule has 0 heterocycles. The molecule has 25 heavy (non-hydrogen) atoms. The second kappa shape index (κ2) is 5.82. The average Bonchev–Trinajstić information content (AvgIpc) is 3.25. The highest BCUT2D eigenvalue weighted by atomic mass is 32.2. The van der Waals surface area contributed by atoms with Gasteiger partial charge in [-0.2, -0.15) is 0 Å². The summed E-state index contributed by atoms with van der Waals surface area (Å²) in [7, 11) is -3.17. The Morgan fingerprint density at radius 2 is 1.36 bits per heavy atom. The molecule has 0 bridgehead atoms. The molecule has 1 spiro atoms. The van der Waals surface area contributed by atoms with Gasteiger partial charge in [0.1, 0.15) is 0 Å². The number of aliphatic hydroxyl groups is 1. The fraction of sp³-hybridized carbons (Fsp3) is 0.333. The zero-order valence-electron chi connectivity index (χ0n) is 14.3. The van der Waals surface area contributed by atoms with Crippen LogP contribution < -0.4 is 0 Å². The Labute approximate surface area is 148 Å². The molecule has 0 unspecified atom stereocenters. The molecule has 0 atom stereocenters. The normalized spacial score (nSPS) is 18.8. The number of sulfone groups is 1. The Morgan fingerprint density at radius 1 is 0.880 bits per heavy atom. The fourth-order valence-electron chi connectivity index (χ4n) is 3.82. The van der Waals surface area contributed by atoms with E-state index < -0.39 is 9.84 Å². The summed E-state index contributed by atoms with van der Waals surface area (Å²) in [6.45, 7) is 0.0586. The van der Waals surface area contributed by atoms with Gasteiger partial charge in [0.2, 0.25) is 0 Å². The highest BCUT2D eigenvalue weighted by Gasteiger charge is 2.48. The van der Waals surface area contributed by atoms with Crippen LogP contribution in [0.1, 0.15) is 42.4 Å². The van der Waals surface area contributed by atoms with E-state index in [1.807, 2.05) is 24.3 Å². The third-order valence-corrected chi connectivity index (χ3v) is 6.67. The van der Waals surface area contributed by atoms with Crippen molar-refractivity contribution in [3.05, 3.63) is 65.2 Å². The Morgan fingerprint density at radius 3 is 1.76 bits per heavy atom. The summed E-state index contributed by atoms with van der Waals surface area (Å²) in [6, 6.07) is 15.4. The minimum atomic E-state index is -3.17. The second-order valence-corrected chi connectivity index (χ2v) is 9.48. The van der Waals surface area contributed by atoms with E-state index in [9.17, 15) is 13.5 Å². The number of rotatable bonds is 4. The molecular weight excluding hydrogens is 332 g/mol. The molecule has 0 radical (unpaired) electrons. The molecule has 4 rings (SSSR count). The molecule has 3 nitrogen and oxygen atoms in total. The van der Waals surface area contributed by atoms with Crippen molar-refractivity contribution in [3.8, 4) is 0 Å². The maximum absolute atomic E-state index is 11.7. The van der Waals surface area contributed by atoms with Gasteiger partial charge in [0.15, 0.2) is 9.84 Å². The number of benzene rings is 2. The standard InChI is InChI=1S/C21H22O3S/c1-25(23,24)18-8-6-17(7-9-18)20-13-21(10-11-21)12-19(20)16-4-2-15(14-22)3-5-16/h2-9,22H,10-14H2,1H3. The molecule has 0 amide bonds. The van der Waals surface area contributed by atoms with Crippen molar-refractivity contribution < 1.29 is 13.5 Å². The quantitative estimate of drug-likeness (QED) is 0.900. The van der Waals surface area contributed by atoms with Gasteiger partial charge < -0.3 is 5.11 Å². The van der Waals surface area contributed by atoms with Crippen molar-refractivity contribution in [3.63, 3.8) is 0 Å². The minimum absolute atomic E-state index is 0.0586. The van der Waals surface area contributed by atoms with Gasteiger partial charge in [0.25, 0.3) is 0 Å². The van der Waals surface area contributed by atoms with Gasteiger partial charge in [0, 0.05) is 6.26 Å². The molecule has 1 saturated carbocycles. The first-order valence-electron chi connectivity index (χ1n) is 8.63. The van der Waals surface area contributed by atoms with Gasteiger partial charge in [-0.1, -0.05) is 36.4 Å². The van der Waals surface area contributed by atoms with Gasteiger partial charge >= 0.3 is 0 Å². The van der Waals surface area contributed by atoms with Crippen LogP contribution in [0.5, 0.6) is 0 Å². The molecule has 2 aromatic rings. The van der Waals surface area contributed by atoms with Gasteiger partial charge in [-0.3, -0.25) is 0 Å². The molecule has 2 aliphatic carbocycles. The summed E-state index contributed by atoms with van der Waals surface area (Å²) >= 11 is 0. The van der Waals surface area contributed by atoms with Crippen molar-refractivity contribution in [1.29, 1.82) is 0 Å². The van der Waals surface area contributed by atoms with E-state index in [2.05, 4.69) is 12.1 Å². The zero-order valence-corrected chi connectivity index (χ0v) is 15.1. The Bertz CT molecular complexity index is 932. The van der Waals surface area contributed by atoms with Crippen molar-refractivity contribution in [2.75, 3.05) is 6.26 Å². The van der Waals surface area contributed by atoms with Crippen molar-refractivity contribution in [2.45, 2.75) is 37.2 Å². The van der Waals surface area contributed by atoms with Gasteiger partial charge in [-0.15, -0.1) is 0 Å². The van der Waals surface area contributed by atoms with Crippen LogP contribution in [0, 0.1) is 5.41 Å². The zero-order chi connectivity index (χ0) is 17.7. The summed E-state index contributed by atoms with van der Waals surface area (Å²) in [5.41, 5.74) is 6.39. The van der Waals surface area contributed by atoms with E-state index in [0.29, 0.717) is 10.3 Å². The Kier molecular flexibility index (Phi) is 3.85. The molecular formula is C21H22O3S. The summed E-state index contributed by atoms with van der Waals surface area (Å²) < 4.78 is 23.4. The molecule has 0 aliphatic heterocycles. The van der Waals surface area contributed by atoms with Crippen LogP contribution in [-0.2, 0) is 16.4 Å². The number of hydrogen-bond acceptors (Lipinski definition) is 3. The topological polar surface area (TPSA) is 54.4 Å². The molecule has 0 saturated heterocycles. The first kappa shape index (κ1) is 16.6. The van der Waals surface area contributed by atoms with Gasteiger partial charge in [0.05, 0.1) is 11.5 Å². The van der Waals surface area contributed by atoms with E-state index in [-0.39, 0.29) is 6.61 Å². The average molecular weight is 354 g/mol. The number of aliphatic hydroxyl groups excluding tert-OH is 1. The lowest BCUT2D eigenvalue weighted by molar-refractivity contribution is 0.282. The summed E-state index contributed by atoms with van der Waals surface area (Å²) in [4.78, 5) is 0.366. The maximum Gasteiger partial charge on any atom is 0.175 e. The smallest absolute Gasteiger partial charge is 0.175 e. The maximum atomic E-state index is 11.7. The van der Waals surface area contributed by atoms with Gasteiger partial charge in [-0.25, -0.2) is 8.42 Å². The van der Waals surface area contributed by atoms with Crippen LogP contribution in [-0.4, -0.2) is 19.8 Å². The number of hydrogen-bond donors (Lipinski definition) is 1. The summed E-state index contributed by atoms with van der Waals surface area (Å²) in [5, 5.41) is 9.25. The largest absolute Gasteiger partial charge is 0.392 e. The summed E-state index contributed by atoms with van der Waals surface area (Å²) in [5.74, 6) is 0. The number of allylic oxidation sites excluding steroid dienone is 2. The summed E-state index contributed by atoms with van der Waals surface area (Å²) in [6.07, 6.45) is 5.95. The second-order valence-electron chi connectivity index (χ2n) is 7.46. The first-order valence-corrected chi connectivity index (χ1v) is 10.5. The van der Waals surface area contributed by atoms with Crippen LogP contribution in [0.4, 0.5) is 0 Å². The predicted molar refractivity (Wildman–Crippen MR) is 99.6 cm³/mol. The predicted octanol–water partition coefficient (Wildman–Crippen LogP) is 4.07. The third kappa shape index (κ3) is 3.16. The highest BCUT2D eigenvalue weighted by Crippen LogP contribution is 2.63. The van der Waals surface area contributed by atoms with Crippen LogP contribution in [0.2, 0.25) is 0 Å². The van der Waals surface area contributed by atoms with Crippen molar-refractivity contribution >= 4 is 21.0 Å². The molecule has 0 aromatic heterocycles. The van der Waals surface area contributed by atoms with Crippen LogP contribution >= 0.6 is 0 Å². The molecule has 1 N–H and O–H groups in total. The Balaban J connectivity index is 1.75. The van der Waals surface area contributed by atoms with Crippen LogP contribution in [0.25, 0.3) is 11.1 Å². The monoisotopic (exact) mass is 354 g/mol. The molecule has 2 aromatic carbocycles. The Hall–Kier alpha value is -1.91. The minimum Gasteiger partial charge on any atom is -0.392 e. The van der Waals surface area contributed by atoms with Crippen LogP contribution in [0.15, 0.2) is 53.4 Å². The molecule has 1 fully saturated rings. The van der Waals surface area contributed by atoms with Crippen molar-refractivity contribution in [1.82, 2.24) is 0 Å². The van der Waals surface area contributed by atoms with E-state index >= 15 is 0 Å². The molecule has 4 heteroatoms. The first-order chi connectivity index (χ1) is 11.9. The van der Waals surface area contributed by atoms with Crippen molar-refractivity contribution in [2.24, 2.45) is 5.41 Å². The van der Waals surface area contributed by atoms with Gasteiger partial charge in [-0.05, 0) is 71.1 Å². The highest BCUT2D eigenvalue weighted by molar-refractivity contribution is 7.90. The molecule has 2 aliphatic rings. The SMILES string of the molecule is CS(=O)(=O)c1ccc(C2=C(c3ccc(CO)cc3)CC3(CC3)C2)cc1. The lowest BCUT2D eigenvalue weighted by Gasteiger charge is -2.10. The third-order valence-electron chi connectivity index (χ3n) is 5.54. The van der Waals surface area contributed by atoms with E-state index in [4.69, 9.17) is 0 Å². The van der Waals surface area contributed by atoms with E-state index in [1.165, 1.54) is 35.8 Å². The van der Waals surface area contributed by atoms with E-state index in [0.717, 1.165) is 24.0 Å².